The standard InChI is InChI=1S/C36H28N6O3S/c1-44-35-16-27(8-11-34(35)45-20-29-21-46-22-38-29)26-7-9-30-32(15-26)40-31-10-4-23(14-33(31)41-36(30)43)12-13-42-19-28(18-39-42)25-5-2-24(17-37)3-6-25/h2-11,14-16,18-19,21-22,40H,12-13,20H2,1H3,(H,41,43). The minimum Gasteiger partial charge on any atom is -0.493 e. The highest BCUT2D eigenvalue weighted by Crippen LogP contribution is 2.38. The molecule has 226 valence electrons. The van der Waals surface area contributed by atoms with Crippen molar-refractivity contribution in [2.24, 2.45) is 0 Å². The van der Waals surface area contributed by atoms with Crippen LogP contribution in [0.25, 0.3) is 22.3 Å². The highest BCUT2D eigenvalue weighted by Gasteiger charge is 2.20. The molecule has 6 aromatic rings. The number of carbonyl (C=O) groups excluding carboxylic acids is 1. The van der Waals surface area contributed by atoms with E-state index in [1.54, 1.807) is 24.8 Å². The number of aromatic nitrogens is 3. The van der Waals surface area contributed by atoms with Gasteiger partial charge in [0.15, 0.2) is 11.5 Å². The van der Waals surface area contributed by atoms with E-state index in [1.165, 1.54) is 11.3 Å². The van der Waals surface area contributed by atoms with E-state index in [1.807, 2.05) is 83.1 Å². The van der Waals surface area contributed by atoms with Crippen LogP contribution in [-0.2, 0) is 19.6 Å². The molecule has 4 aromatic carbocycles. The summed E-state index contributed by atoms with van der Waals surface area (Å²) in [4.78, 5) is 17.5. The number of amides is 1. The molecule has 10 heteroatoms. The lowest BCUT2D eigenvalue weighted by Gasteiger charge is -2.14. The molecule has 0 unspecified atom stereocenters. The number of nitriles is 1. The van der Waals surface area contributed by atoms with Crippen molar-refractivity contribution in [2.75, 3.05) is 17.7 Å². The average Bonchev–Trinajstić information content (AvgIpc) is 3.77. The first-order valence-corrected chi connectivity index (χ1v) is 15.6. The van der Waals surface area contributed by atoms with Crippen molar-refractivity contribution < 1.29 is 14.3 Å². The van der Waals surface area contributed by atoms with Gasteiger partial charge in [-0.3, -0.25) is 9.48 Å². The Labute approximate surface area is 269 Å². The second-order valence-corrected chi connectivity index (χ2v) is 11.5. The lowest BCUT2D eigenvalue weighted by molar-refractivity contribution is 0.102. The van der Waals surface area contributed by atoms with Gasteiger partial charge in [-0.2, -0.15) is 10.4 Å². The molecule has 0 bridgehead atoms. The van der Waals surface area contributed by atoms with Gasteiger partial charge < -0.3 is 20.1 Å². The van der Waals surface area contributed by atoms with E-state index >= 15 is 0 Å². The van der Waals surface area contributed by atoms with Gasteiger partial charge in [-0.05, 0) is 77.2 Å². The molecule has 0 saturated carbocycles. The van der Waals surface area contributed by atoms with Crippen LogP contribution < -0.4 is 20.1 Å². The third kappa shape index (κ3) is 6.04. The van der Waals surface area contributed by atoms with Gasteiger partial charge >= 0.3 is 0 Å². The Bertz CT molecular complexity index is 2080. The van der Waals surface area contributed by atoms with Crippen LogP contribution in [0.5, 0.6) is 11.5 Å². The van der Waals surface area contributed by atoms with Crippen molar-refractivity contribution in [1.82, 2.24) is 14.8 Å². The van der Waals surface area contributed by atoms with Crippen LogP contribution in [0, 0.1) is 11.3 Å². The molecule has 46 heavy (non-hydrogen) atoms. The van der Waals surface area contributed by atoms with E-state index in [2.05, 4.69) is 32.9 Å². The maximum absolute atomic E-state index is 13.3. The molecular formula is C36H28N6O3S. The van der Waals surface area contributed by atoms with Crippen molar-refractivity contribution in [3.63, 3.8) is 0 Å². The fourth-order valence-electron chi connectivity index (χ4n) is 5.36. The molecule has 0 aliphatic carbocycles. The predicted molar refractivity (Wildman–Crippen MR) is 179 cm³/mol. The van der Waals surface area contributed by atoms with Gasteiger partial charge in [-0.25, -0.2) is 4.98 Å². The number of anilines is 3. The lowest BCUT2D eigenvalue weighted by atomic mass is 10.0. The van der Waals surface area contributed by atoms with Crippen molar-refractivity contribution in [3.8, 4) is 39.8 Å². The predicted octanol–water partition coefficient (Wildman–Crippen LogP) is 7.68. The van der Waals surface area contributed by atoms with E-state index in [4.69, 9.17) is 14.7 Å². The molecule has 0 spiro atoms. The van der Waals surface area contributed by atoms with Crippen molar-refractivity contribution in [1.29, 1.82) is 5.26 Å². The third-order valence-corrected chi connectivity index (χ3v) is 8.47. The zero-order valence-electron chi connectivity index (χ0n) is 24.9. The summed E-state index contributed by atoms with van der Waals surface area (Å²) in [5, 5.41) is 22.1. The quantitative estimate of drug-likeness (QED) is 0.170. The average molecular weight is 625 g/mol. The van der Waals surface area contributed by atoms with Gasteiger partial charge in [0.05, 0.1) is 58.8 Å². The topological polar surface area (TPSA) is 114 Å². The van der Waals surface area contributed by atoms with Crippen LogP contribution in [0.2, 0.25) is 0 Å². The molecule has 9 nitrogen and oxygen atoms in total. The SMILES string of the molecule is COc1cc(-c2ccc3c(c2)Nc2ccc(CCn4cc(-c5ccc(C#N)cc5)cn4)cc2NC3=O)ccc1OCc1cscn1. The summed E-state index contributed by atoms with van der Waals surface area (Å²) in [6.07, 6.45) is 4.57. The number of fused-ring (bicyclic) bond motifs is 2. The number of methoxy groups -OCH3 is 1. The summed E-state index contributed by atoms with van der Waals surface area (Å²) in [7, 11) is 1.62. The van der Waals surface area contributed by atoms with Gasteiger partial charge in [0.25, 0.3) is 5.91 Å². The van der Waals surface area contributed by atoms with E-state index in [-0.39, 0.29) is 5.91 Å². The molecule has 2 aromatic heterocycles. The van der Waals surface area contributed by atoms with E-state index in [9.17, 15) is 4.79 Å². The van der Waals surface area contributed by atoms with Gasteiger partial charge in [0.2, 0.25) is 0 Å². The number of nitrogens with one attached hydrogen (secondary N) is 2. The van der Waals surface area contributed by atoms with Gasteiger partial charge in [-0.15, -0.1) is 11.3 Å². The minimum absolute atomic E-state index is 0.174. The molecule has 1 amide bonds. The summed E-state index contributed by atoms with van der Waals surface area (Å²) >= 11 is 1.53. The van der Waals surface area contributed by atoms with Crippen LogP contribution in [-0.4, -0.2) is 27.8 Å². The van der Waals surface area contributed by atoms with Crippen LogP contribution in [0.1, 0.15) is 27.2 Å². The van der Waals surface area contributed by atoms with Crippen LogP contribution in [0.3, 0.4) is 0 Å². The zero-order valence-corrected chi connectivity index (χ0v) is 25.7. The Morgan fingerprint density at radius 2 is 1.70 bits per heavy atom. The second kappa shape index (κ2) is 12.6. The van der Waals surface area contributed by atoms with Gasteiger partial charge in [0, 0.05) is 23.7 Å². The Morgan fingerprint density at radius 1 is 0.870 bits per heavy atom. The van der Waals surface area contributed by atoms with Crippen molar-refractivity contribution in [3.05, 3.63) is 125 Å². The number of benzene rings is 4. The number of thiazole rings is 1. The number of ether oxygens (including phenoxy) is 2. The summed E-state index contributed by atoms with van der Waals surface area (Å²) in [6.45, 7) is 1.04. The molecule has 2 N–H and O–H groups in total. The van der Waals surface area contributed by atoms with E-state index in [0.717, 1.165) is 57.0 Å². The summed E-state index contributed by atoms with van der Waals surface area (Å²) in [5.74, 6) is 1.08. The Balaban J connectivity index is 1.06. The van der Waals surface area contributed by atoms with Gasteiger partial charge in [0.1, 0.15) is 6.61 Å². The normalized spacial score (nSPS) is 11.8. The van der Waals surface area contributed by atoms with E-state index < -0.39 is 0 Å². The first-order chi connectivity index (χ1) is 22.6. The van der Waals surface area contributed by atoms with Crippen molar-refractivity contribution in [2.45, 2.75) is 19.6 Å². The maximum Gasteiger partial charge on any atom is 0.257 e. The molecular weight excluding hydrogens is 597 g/mol. The number of hydrogen-bond donors (Lipinski definition) is 2. The minimum atomic E-state index is -0.174. The molecule has 7 rings (SSSR count). The van der Waals surface area contributed by atoms with Gasteiger partial charge in [-0.1, -0.05) is 30.3 Å². The fourth-order valence-corrected chi connectivity index (χ4v) is 5.91. The number of hydrogen-bond acceptors (Lipinski definition) is 8. The van der Waals surface area contributed by atoms with Crippen LogP contribution in [0.4, 0.5) is 17.1 Å². The van der Waals surface area contributed by atoms with E-state index in [0.29, 0.717) is 35.8 Å². The first-order valence-electron chi connectivity index (χ1n) is 14.6. The third-order valence-electron chi connectivity index (χ3n) is 7.83. The summed E-state index contributed by atoms with van der Waals surface area (Å²) in [5.41, 5.74) is 11.0. The Morgan fingerprint density at radius 3 is 2.50 bits per heavy atom. The molecule has 0 radical (unpaired) electrons. The lowest BCUT2D eigenvalue weighted by Crippen LogP contribution is -2.11. The number of rotatable bonds is 9. The Kier molecular flexibility index (Phi) is 7.89. The molecule has 1 aliphatic rings. The monoisotopic (exact) mass is 624 g/mol. The summed E-state index contributed by atoms with van der Waals surface area (Å²) in [6, 6.07) is 27.2. The maximum atomic E-state index is 13.3. The zero-order chi connectivity index (χ0) is 31.5. The smallest absolute Gasteiger partial charge is 0.257 e. The molecule has 0 saturated heterocycles. The molecule has 1 aliphatic heterocycles. The number of aryl methyl sites for hydroxylation is 2. The van der Waals surface area contributed by atoms with Crippen LogP contribution >= 0.6 is 11.3 Å². The van der Waals surface area contributed by atoms with Crippen molar-refractivity contribution >= 4 is 34.3 Å². The number of carbonyl (C=O) groups is 1. The van der Waals surface area contributed by atoms with Crippen LogP contribution in [0.15, 0.2) is 102 Å². The Hall–Kier alpha value is -5.92. The fraction of sp³-hybridized carbons (Fsp3) is 0.111. The molecule has 0 atom stereocenters. The second-order valence-electron chi connectivity index (χ2n) is 10.8. The largest absolute Gasteiger partial charge is 0.493 e. The highest BCUT2D eigenvalue weighted by molar-refractivity contribution is 7.07. The molecule has 3 heterocycles. The molecule has 0 fully saturated rings. The first kappa shape index (κ1) is 28.8. The summed E-state index contributed by atoms with van der Waals surface area (Å²) < 4.78 is 13.5. The highest BCUT2D eigenvalue weighted by atomic mass is 32.1. The number of nitrogens with zero attached hydrogens (tertiary/aromatic N) is 4.